The van der Waals surface area contributed by atoms with Crippen molar-refractivity contribution in [2.45, 2.75) is 19.3 Å². The van der Waals surface area contributed by atoms with Gasteiger partial charge in [-0.05, 0) is 43.0 Å². The number of thiophene rings is 1. The third kappa shape index (κ3) is 3.50. The molecule has 2 aromatic rings. The van der Waals surface area contributed by atoms with E-state index in [-0.39, 0.29) is 12.5 Å². The summed E-state index contributed by atoms with van der Waals surface area (Å²) in [6, 6.07) is 4.74. The molecule has 24 heavy (non-hydrogen) atoms. The van der Waals surface area contributed by atoms with Gasteiger partial charge in [0.15, 0.2) is 6.61 Å². The number of nitrogens with two attached hydrogens (primary N) is 1. The molecule has 0 spiro atoms. The number of rotatable bonds is 5. The number of primary amides is 1. The molecule has 0 radical (unpaired) electrons. The van der Waals surface area contributed by atoms with Crippen LogP contribution in [0.25, 0.3) is 0 Å². The second-order valence-corrected chi connectivity index (χ2v) is 7.29. The Kier molecular flexibility index (Phi) is 4.99. The van der Waals surface area contributed by atoms with Gasteiger partial charge in [-0.2, -0.15) is 0 Å². The summed E-state index contributed by atoms with van der Waals surface area (Å²) in [4.78, 5) is 24.9. The van der Waals surface area contributed by atoms with Crippen LogP contribution in [-0.2, 0) is 17.6 Å². The molecule has 5 nitrogen and oxygen atoms in total. The van der Waals surface area contributed by atoms with Crippen molar-refractivity contribution in [1.29, 1.82) is 0 Å². The van der Waals surface area contributed by atoms with Gasteiger partial charge in [-0.15, -0.1) is 11.3 Å². The summed E-state index contributed by atoms with van der Waals surface area (Å²) in [5, 5.41) is 4.00. The normalized spacial score (nSPS) is 12.8. The topological polar surface area (TPSA) is 81.4 Å². The number of hydrogen-bond acceptors (Lipinski definition) is 4. The SMILES string of the molecule is NC(=O)c1c(NC(=O)COc2ccc(Cl)cc2Cl)sc2c1CCC2. The van der Waals surface area contributed by atoms with Gasteiger partial charge in [-0.1, -0.05) is 23.2 Å². The summed E-state index contributed by atoms with van der Waals surface area (Å²) in [5.74, 6) is -0.546. The fraction of sp³-hybridized carbons (Fsp3) is 0.250. The molecule has 126 valence electrons. The molecule has 0 saturated carbocycles. The summed E-state index contributed by atoms with van der Waals surface area (Å²) in [7, 11) is 0. The first-order valence-electron chi connectivity index (χ1n) is 7.27. The lowest BCUT2D eigenvalue weighted by molar-refractivity contribution is -0.118. The van der Waals surface area contributed by atoms with Gasteiger partial charge in [0.25, 0.3) is 11.8 Å². The standard InChI is InChI=1S/C16H14Cl2N2O3S/c17-8-4-5-11(10(18)6-8)23-7-13(21)20-16-14(15(19)22)9-2-1-3-12(9)24-16/h4-6H,1-3,7H2,(H2,19,22)(H,20,21). The van der Waals surface area contributed by atoms with E-state index in [0.717, 1.165) is 29.7 Å². The van der Waals surface area contributed by atoms with Crippen molar-refractivity contribution >= 4 is 51.4 Å². The van der Waals surface area contributed by atoms with E-state index in [4.69, 9.17) is 33.7 Å². The predicted octanol–water partition coefficient (Wildman–Crippen LogP) is 3.66. The molecule has 1 aliphatic rings. The lowest BCUT2D eigenvalue weighted by Crippen LogP contribution is -2.22. The predicted molar refractivity (Wildman–Crippen MR) is 95.4 cm³/mol. The van der Waals surface area contributed by atoms with Crippen molar-refractivity contribution in [2.75, 3.05) is 11.9 Å². The van der Waals surface area contributed by atoms with E-state index >= 15 is 0 Å². The Morgan fingerprint density at radius 3 is 2.79 bits per heavy atom. The Bertz CT molecular complexity index is 820. The number of aryl methyl sites for hydroxylation is 1. The first-order chi connectivity index (χ1) is 11.5. The zero-order valence-electron chi connectivity index (χ0n) is 12.5. The number of ether oxygens (including phenoxy) is 1. The second-order valence-electron chi connectivity index (χ2n) is 5.34. The smallest absolute Gasteiger partial charge is 0.262 e. The summed E-state index contributed by atoms with van der Waals surface area (Å²) < 4.78 is 5.39. The van der Waals surface area contributed by atoms with Crippen LogP contribution in [0.5, 0.6) is 5.75 Å². The Morgan fingerprint density at radius 1 is 1.29 bits per heavy atom. The Labute approximate surface area is 152 Å². The lowest BCUT2D eigenvalue weighted by atomic mass is 10.1. The number of anilines is 1. The zero-order chi connectivity index (χ0) is 17.3. The molecule has 0 unspecified atom stereocenters. The molecule has 1 aromatic heterocycles. The minimum absolute atomic E-state index is 0.234. The molecular formula is C16H14Cl2N2O3S. The van der Waals surface area contributed by atoms with Crippen LogP contribution in [0.3, 0.4) is 0 Å². The average Bonchev–Trinajstić information content (AvgIpc) is 3.06. The van der Waals surface area contributed by atoms with E-state index in [2.05, 4.69) is 5.32 Å². The number of amides is 2. The van der Waals surface area contributed by atoms with E-state index in [1.165, 1.54) is 17.4 Å². The molecule has 0 saturated heterocycles. The number of halogens is 2. The van der Waals surface area contributed by atoms with E-state index < -0.39 is 5.91 Å². The highest BCUT2D eigenvalue weighted by Gasteiger charge is 2.26. The van der Waals surface area contributed by atoms with Gasteiger partial charge >= 0.3 is 0 Å². The van der Waals surface area contributed by atoms with E-state index in [1.54, 1.807) is 12.1 Å². The van der Waals surface area contributed by atoms with Crippen LogP contribution in [0.1, 0.15) is 27.2 Å². The average molecular weight is 385 g/mol. The van der Waals surface area contributed by atoms with Crippen LogP contribution in [0, 0.1) is 0 Å². The van der Waals surface area contributed by atoms with E-state index in [1.807, 2.05) is 0 Å². The first-order valence-corrected chi connectivity index (χ1v) is 8.85. The molecule has 1 aliphatic carbocycles. The first kappa shape index (κ1) is 17.1. The van der Waals surface area contributed by atoms with Crippen molar-refractivity contribution in [1.82, 2.24) is 0 Å². The fourth-order valence-corrected chi connectivity index (χ4v) is 4.43. The Balaban J connectivity index is 1.68. The van der Waals surface area contributed by atoms with Gasteiger partial charge in [-0.25, -0.2) is 0 Å². The molecule has 0 atom stereocenters. The summed E-state index contributed by atoms with van der Waals surface area (Å²) in [6.07, 6.45) is 2.73. The van der Waals surface area contributed by atoms with Crippen molar-refractivity contribution in [2.24, 2.45) is 5.73 Å². The molecule has 1 heterocycles. The number of nitrogens with one attached hydrogen (secondary N) is 1. The maximum Gasteiger partial charge on any atom is 0.262 e. The van der Waals surface area contributed by atoms with Gasteiger partial charge in [-0.3, -0.25) is 9.59 Å². The zero-order valence-corrected chi connectivity index (χ0v) is 14.9. The van der Waals surface area contributed by atoms with E-state index in [0.29, 0.717) is 26.4 Å². The highest BCUT2D eigenvalue weighted by Crippen LogP contribution is 2.38. The number of benzene rings is 1. The molecule has 3 N–H and O–H groups in total. The number of carbonyl (C=O) groups excluding carboxylic acids is 2. The highest BCUT2D eigenvalue weighted by atomic mass is 35.5. The number of hydrogen-bond donors (Lipinski definition) is 2. The quantitative estimate of drug-likeness (QED) is 0.824. The van der Waals surface area contributed by atoms with Crippen LogP contribution in [0.15, 0.2) is 18.2 Å². The van der Waals surface area contributed by atoms with Crippen molar-refractivity contribution in [3.8, 4) is 5.75 Å². The molecule has 0 aliphatic heterocycles. The van der Waals surface area contributed by atoms with Crippen LogP contribution >= 0.6 is 34.5 Å². The van der Waals surface area contributed by atoms with Gasteiger partial charge in [0.05, 0.1) is 10.6 Å². The Hall–Kier alpha value is -1.76. The van der Waals surface area contributed by atoms with Crippen molar-refractivity contribution in [3.05, 3.63) is 44.2 Å². The highest BCUT2D eigenvalue weighted by molar-refractivity contribution is 7.17. The van der Waals surface area contributed by atoms with Gasteiger partial charge in [0, 0.05) is 9.90 Å². The van der Waals surface area contributed by atoms with Crippen molar-refractivity contribution in [3.63, 3.8) is 0 Å². The van der Waals surface area contributed by atoms with Crippen LogP contribution in [0.4, 0.5) is 5.00 Å². The second kappa shape index (κ2) is 7.01. The third-order valence-electron chi connectivity index (χ3n) is 3.67. The molecule has 0 fully saturated rings. The molecule has 1 aromatic carbocycles. The van der Waals surface area contributed by atoms with Crippen LogP contribution in [0.2, 0.25) is 10.0 Å². The fourth-order valence-electron chi connectivity index (χ4n) is 2.65. The minimum atomic E-state index is -0.522. The van der Waals surface area contributed by atoms with Crippen molar-refractivity contribution < 1.29 is 14.3 Å². The molecule has 8 heteroatoms. The number of fused-ring (bicyclic) bond motifs is 1. The molecule has 3 rings (SSSR count). The molecular weight excluding hydrogens is 371 g/mol. The monoisotopic (exact) mass is 384 g/mol. The van der Waals surface area contributed by atoms with Crippen LogP contribution < -0.4 is 15.8 Å². The molecule has 2 amide bonds. The van der Waals surface area contributed by atoms with Gasteiger partial charge in [0.2, 0.25) is 0 Å². The van der Waals surface area contributed by atoms with Gasteiger partial charge < -0.3 is 15.8 Å². The van der Waals surface area contributed by atoms with Crippen LogP contribution in [-0.4, -0.2) is 18.4 Å². The maximum atomic E-state index is 12.1. The minimum Gasteiger partial charge on any atom is -0.482 e. The number of carbonyl (C=O) groups is 2. The summed E-state index contributed by atoms with van der Waals surface area (Å²) >= 11 is 13.2. The lowest BCUT2D eigenvalue weighted by Gasteiger charge is -2.09. The summed E-state index contributed by atoms with van der Waals surface area (Å²) in [6.45, 7) is -0.234. The van der Waals surface area contributed by atoms with Gasteiger partial charge in [0.1, 0.15) is 10.8 Å². The summed E-state index contributed by atoms with van der Waals surface area (Å²) in [5.41, 5.74) is 6.85. The van der Waals surface area contributed by atoms with E-state index in [9.17, 15) is 9.59 Å². The largest absolute Gasteiger partial charge is 0.482 e. The third-order valence-corrected chi connectivity index (χ3v) is 5.41. The molecule has 0 bridgehead atoms. The Morgan fingerprint density at radius 2 is 2.08 bits per heavy atom. The maximum absolute atomic E-state index is 12.1.